The fraction of sp³-hybridized carbons (Fsp3) is 0.364. The van der Waals surface area contributed by atoms with Crippen molar-refractivity contribution in [3.8, 4) is 0 Å². The summed E-state index contributed by atoms with van der Waals surface area (Å²) in [6.07, 6.45) is 3.35. The van der Waals surface area contributed by atoms with Gasteiger partial charge in [-0.1, -0.05) is 23.4 Å². The maximum atomic E-state index is 12.7. The summed E-state index contributed by atoms with van der Waals surface area (Å²) in [5, 5.41) is 7.97. The van der Waals surface area contributed by atoms with Crippen LogP contribution in [0.1, 0.15) is 46.6 Å². The smallest absolute Gasteiger partial charge is 0.253 e. The Morgan fingerprint density at radius 1 is 1.28 bits per heavy atom. The van der Waals surface area contributed by atoms with E-state index >= 15 is 0 Å². The summed E-state index contributed by atoms with van der Waals surface area (Å²) >= 11 is 0. The van der Waals surface area contributed by atoms with Crippen LogP contribution in [-0.2, 0) is 11.3 Å². The number of likely N-dealkylation sites (tertiary alicyclic amines) is 1. The first-order chi connectivity index (χ1) is 14.0. The second-order valence-electron chi connectivity index (χ2n) is 7.53. The van der Waals surface area contributed by atoms with E-state index in [9.17, 15) is 9.59 Å². The molecule has 0 spiro atoms. The molecule has 29 heavy (non-hydrogen) atoms. The highest BCUT2D eigenvalue weighted by Gasteiger charge is 2.25. The number of pyridine rings is 1. The number of para-hydroxylation sites is 1. The number of hydrogen-bond donors (Lipinski definition) is 1. The molecule has 0 bridgehead atoms. The summed E-state index contributed by atoms with van der Waals surface area (Å²) in [5.74, 6) is 0.683. The number of amides is 2. The first-order valence-corrected chi connectivity index (χ1v) is 9.86. The number of nitrogens with zero attached hydrogens (tertiary/aromatic N) is 3. The lowest BCUT2D eigenvalue weighted by Crippen LogP contribution is -2.36. The monoisotopic (exact) mass is 392 g/mol. The molecule has 1 aliphatic heterocycles. The number of carbonyl (C=O) groups excluding carboxylic acids is 2. The number of aromatic nitrogens is 2. The van der Waals surface area contributed by atoms with Crippen molar-refractivity contribution in [3.63, 3.8) is 0 Å². The van der Waals surface area contributed by atoms with Crippen molar-refractivity contribution in [2.24, 2.45) is 0 Å². The standard InChI is InChI=1S/C22H24N4O3/c1-14-19(15(2)29-25-14)13-26-10-9-18(7-8-21(26)27)24-22(28)17-11-16-5-3-4-6-20(16)23-12-17/h3-6,11-12,18H,7-10,13H2,1-2H3,(H,24,28). The Kier molecular flexibility index (Phi) is 5.29. The van der Waals surface area contributed by atoms with Crippen LogP contribution in [0.2, 0.25) is 0 Å². The van der Waals surface area contributed by atoms with E-state index in [2.05, 4.69) is 15.5 Å². The molecule has 1 saturated heterocycles. The second-order valence-corrected chi connectivity index (χ2v) is 7.53. The van der Waals surface area contributed by atoms with Gasteiger partial charge in [0.25, 0.3) is 5.91 Å². The molecule has 1 N–H and O–H groups in total. The Morgan fingerprint density at radius 2 is 2.10 bits per heavy atom. The van der Waals surface area contributed by atoms with E-state index in [1.165, 1.54) is 0 Å². The van der Waals surface area contributed by atoms with Crippen molar-refractivity contribution in [1.29, 1.82) is 0 Å². The topological polar surface area (TPSA) is 88.3 Å². The molecular formula is C22H24N4O3. The van der Waals surface area contributed by atoms with Gasteiger partial charge in [0.05, 0.1) is 23.3 Å². The summed E-state index contributed by atoms with van der Waals surface area (Å²) in [5.41, 5.74) is 3.17. The maximum Gasteiger partial charge on any atom is 0.253 e. The molecular weight excluding hydrogens is 368 g/mol. The lowest BCUT2D eigenvalue weighted by molar-refractivity contribution is -0.131. The van der Waals surface area contributed by atoms with Gasteiger partial charge in [0.2, 0.25) is 5.91 Å². The van der Waals surface area contributed by atoms with Crippen LogP contribution in [0.4, 0.5) is 0 Å². The number of fused-ring (bicyclic) bond motifs is 1. The third-order valence-corrected chi connectivity index (χ3v) is 5.52. The van der Waals surface area contributed by atoms with Crippen LogP contribution in [-0.4, -0.2) is 39.4 Å². The average molecular weight is 392 g/mol. The molecule has 0 saturated carbocycles. The third kappa shape index (κ3) is 4.13. The van der Waals surface area contributed by atoms with Crippen LogP contribution in [0.15, 0.2) is 41.1 Å². The zero-order valence-corrected chi connectivity index (χ0v) is 16.6. The molecule has 2 amide bonds. The molecule has 1 atom stereocenters. The molecule has 4 rings (SSSR count). The van der Waals surface area contributed by atoms with Gasteiger partial charge in [0.1, 0.15) is 5.76 Å². The second kappa shape index (κ2) is 8.03. The van der Waals surface area contributed by atoms with Crippen molar-refractivity contribution in [1.82, 2.24) is 20.4 Å². The molecule has 0 radical (unpaired) electrons. The van der Waals surface area contributed by atoms with Crippen LogP contribution in [0.25, 0.3) is 10.9 Å². The summed E-state index contributed by atoms with van der Waals surface area (Å²) < 4.78 is 5.21. The van der Waals surface area contributed by atoms with Gasteiger partial charge < -0.3 is 14.7 Å². The molecule has 3 aromatic rings. The van der Waals surface area contributed by atoms with E-state index in [-0.39, 0.29) is 17.9 Å². The van der Waals surface area contributed by atoms with Gasteiger partial charge in [-0.15, -0.1) is 0 Å². The molecule has 150 valence electrons. The predicted molar refractivity (Wildman–Crippen MR) is 108 cm³/mol. The predicted octanol–water partition coefficient (Wildman–Crippen LogP) is 3.15. The van der Waals surface area contributed by atoms with E-state index < -0.39 is 0 Å². The zero-order chi connectivity index (χ0) is 20.4. The van der Waals surface area contributed by atoms with Gasteiger partial charge in [-0.2, -0.15) is 0 Å². The van der Waals surface area contributed by atoms with Crippen LogP contribution in [0, 0.1) is 13.8 Å². The summed E-state index contributed by atoms with van der Waals surface area (Å²) in [4.78, 5) is 31.5. The first-order valence-electron chi connectivity index (χ1n) is 9.86. The largest absolute Gasteiger partial charge is 0.361 e. The number of benzene rings is 1. The third-order valence-electron chi connectivity index (χ3n) is 5.52. The van der Waals surface area contributed by atoms with Gasteiger partial charge >= 0.3 is 0 Å². The highest BCUT2D eigenvalue weighted by Crippen LogP contribution is 2.20. The van der Waals surface area contributed by atoms with Gasteiger partial charge in [-0.25, -0.2) is 0 Å². The fourth-order valence-corrected chi connectivity index (χ4v) is 3.73. The Morgan fingerprint density at radius 3 is 2.90 bits per heavy atom. The molecule has 3 heterocycles. The van der Waals surface area contributed by atoms with E-state index in [0.717, 1.165) is 27.9 Å². The quantitative estimate of drug-likeness (QED) is 0.737. The van der Waals surface area contributed by atoms with Crippen LogP contribution in [0.5, 0.6) is 0 Å². The number of nitrogens with one attached hydrogen (secondary N) is 1. The molecule has 1 unspecified atom stereocenters. The molecule has 1 fully saturated rings. The lowest BCUT2D eigenvalue weighted by atomic mass is 10.1. The highest BCUT2D eigenvalue weighted by molar-refractivity contribution is 5.97. The summed E-state index contributed by atoms with van der Waals surface area (Å²) in [6.45, 7) is 4.83. The van der Waals surface area contributed by atoms with Crippen LogP contribution < -0.4 is 5.32 Å². The van der Waals surface area contributed by atoms with Gasteiger partial charge in [-0.3, -0.25) is 14.6 Å². The van der Waals surface area contributed by atoms with E-state index in [1.807, 2.05) is 49.1 Å². The van der Waals surface area contributed by atoms with Crippen molar-refractivity contribution in [2.45, 2.75) is 45.7 Å². The van der Waals surface area contributed by atoms with Gasteiger partial charge in [0.15, 0.2) is 0 Å². The average Bonchev–Trinajstić information content (AvgIpc) is 2.94. The Hall–Kier alpha value is -3.22. The Balaban J connectivity index is 1.41. The SMILES string of the molecule is Cc1noc(C)c1CN1CCC(NC(=O)c2cnc3ccccc3c2)CCC1=O. The number of rotatable bonds is 4. The number of aryl methyl sites for hydroxylation is 2. The van der Waals surface area contributed by atoms with Gasteiger partial charge in [0, 0.05) is 36.2 Å². The minimum absolute atomic E-state index is 0.0485. The van der Waals surface area contributed by atoms with Crippen molar-refractivity contribution in [2.75, 3.05) is 6.54 Å². The minimum atomic E-state index is -0.153. The number of hydrogen-bond acceptors (Lipinski definition) is 5. The lowest BCUT2D eigenvalue weighted by Gasteiger charge is -2.21. The molecule has 1 aliphatic rings. The van der Waals surface area contributed by atoms with Crippen molar-refractivity contribution >= 4 is 22.7 Å². The fourth-order valence-electron chi connectivity index (χ4n) is 3.73. The maximum absolute atomic E-state index is 12.7. The van der Waals surface area contributed by atoms with Crippen molar-refractivity contribution < 1.29 is 14.1 Å². The highest BCUT2D eigenvalue weighted by atomic mass is 16.5. The normalized spacial score (nSPS) is 17.4. The van der Waals surface area contributed by atoms with Crippen LogP contribution in [0.3, 0.4) is 0 Å². The van der Waals surface area contributed by atoms with E-state index in [1.54, 1.807) is 6.20 Å². The Labute approximate surface area is 169 Å². The van der Waals surface area contributed by atoms with Crippen LogP contribution >= 0.6 is 0 Å². The zero-order valence-electron chi connectivity index (χ0n) is 16.6. The molecule has 0 aliphatic carbocycles. The Bertz CT molecular complexity index is 1040. The summed E-state index contributed by atoms with van der Waals surface area (Å²) in [7, 11) is 0. The molecule has 2 aromatic heterocycles. The van der Waals surface area contributed by atoms with E-state index in [0.29, 0.717) is 37.9 Å². The van der Waals surface area contributed by atoms with Crippen molar-refractivity contribution in [3.05, 3.63) is 59.1 Å². The first kappa shape index (κ1) is 19.1. The molecule has 7 heteroatoms. The molecule has 7 nitrogen and oxygen atoms in total. The van der Waals surface area contributed by atoms with E-state index in [4.69, 9.17) is 4.52 Å². The summed E-state index contributed by atoms with van der Waals surface area (Å²) in [6, 6.07) is 9.51. The van der Waals surface area contributed by atoms with Gasteiger partial charge in [-0.05, 0) is 38.8 Å². The number of carbonyl (C=O) groups is 2. The minimum Gasteiger partial charge on any atom is -0.361 e. The molecule has 1 aromatic carbocycles.